The largest absolute Gasteiger partial charge is 0.497 e. The first-order chi connectivity index (χ1) is 13.2. The lowest BCUT2D eigenvalue weighted by atomic mass is 10.2. The third-order valence-corrected chi connectivity index (χ3v) is 5.85. The highest BCUT2D eigenvalue weighted by Gasteiger charge is 2.18. The fourth-order valence-electron chi connectivity index (χ4n) is 3.31. The average Bonchev–Trinajstić information content (AvgIpc) is 2.95. The summed E-state index contributed by atoms with van der Waals surface area (Å²) in [6.07, 6.45) is 1.64. The van der Waals surface area contributed by atoms with Crippen molar-refractivity contribution in [3.63, 3.8) is 0 Å². The molecular formula is C22H28N2O2S. The van der Waals surface area contributed by atoms with Crippen molar-refractivity contribution in [1.29, 1.82) is 0 Å². The summed E-state index contributed by atoms with van der Waals surface area (Å²) in [5.41, 5.74) is 1.34. The summed E-state index contributed by atoms with van der Waals surface area (Å²) in [6, 6.07) is 18.6. The molecule has 0 N–H and O–H groups in total. The van der Waals surface area contributed by atoms with E-state index in [2.05, 4.69) is 35.2 Å². The molecule has 1 aliphatic heterocycles. The number of nitrogens with zero attached hydrogens (tertiary/aromatic N) is 2. The van der Waals surface area contributed by atoms with Crippen molar-refractivity contribution in [1.82, 2.24) is 9.80 Å². The minimum Gasteiger partial charge on any atom is -0.497 e. The monoisotopic (exact) mass is 384 g/mol. The van der Waals surface area contributed by atoms with E-state index in [9.17, 15) is 4.79 Å². The van der Waals surface area contributed by atoms with E-state index in [0.29, 0.717) is 6.42 Å². The maximum Gasteiger partial charge on any atom is 0.223 e. The van der Waals surface area contributed by atoms with Crippen molar-refractivity contribution in [2.45, 2.75) is 24.3 Å². The molecule has 1 amide bonds. The van der Waals surface area contributed by atoms with Crippen molar-refractivity contribution in [2.75, 3.05) is 39.0 Å². The number of amides is 1. The number of hydrogen-bond acceptors (Lipinski definition) is 4. The highest BCUT2D eigenvalue weighted by molar-refractivity contribution is 7.99. The Balaban J connectivity index is 1.40. The van der Waals surface area contributed by atoms with Gasteiger partial charge in [-0.05, 0) is 36.2 Å². The number of rotatable bonds is 7. The fraction of sp³-hybridized carbons (Fsp3) is 0.409. The molecule has 144 valence electrons. The quantitative estimate of drug-likeness (QED) is 0.678. The Morgan fingerprint density at radius 2 is 1.78 bits per heavy atom. The summed E-state index contributed by atoms with van der Waals surface area (Å²) >= 11 is 1.73. The van der Waals surface area contributed by atoms with Crippen molar-refractivity contribution >= 4 is 17.7 Å². The minimum atomic E-state index is 0.276. The van der Waals surface area contributed by atoms with Crippen LogP contribution >= 0.6 is 11.8 Å². The lowest BCUT2D eigenvalue weighted by Gasteiger charge is -2.22. The van der Waals surface area contributed by atoms with Gasteiger partial charge in [-0.25, -0.2) is 0 Å². The maximum absolute atomic E-state index is 12.6. The molecule has 1 aliphatic rings. The van der Waals surface area contributed by atoms with Crippen LogP contribution in [0.2, 0.25) is 0 Å². The highest BCUT2D eigenvalue weighted by atomic mass is 32.2. The molecule has 1 fully saturated rings. The number of methoxy groups -OCH3 is 1. The van der Waals surface area contributed by atoms with Gasteiger partial charge in [0.05, 0.1) is 7.11 Å². The molecule has 0 saturated carbocycles. The summed E-state index contributed by atoms with van der Waals surface area (Å²) in [5, 5.41) is 0. The first-order valence-electron chi connectivity index (χ1n) is 9.55. The summed E-state index contributed by atoms with van der Waals surface area (Å²) in [6.45, 7) is 4.68. The Morgan fingerprint density at radius 3 is 2.52 bits per heavy atom. The van der Waals surface area contributed by atoms with Crippen molar-refractivity contribution < 1.29 is 9.53 Å². The maximum atomic E-state index is 12.6. The topological polar surface area (TPSA) is 32.8 Å². The number of carbonyl (C=O) groups is 1. The SMILES string of the molecule is COc1ccc(SCCC(=O)N2CCCN(Cc3ccccc3)CC2)cc1. The molecule has 0 aromatic heterocycles. The van der Waals surface area contributed by atoms with Gasteiger partial charge in [0, 0.05) is 49.8 Å². The van der Waals surface area contributed by atoms with Gasteiger partial charge in [0.25, 0.3) is 0 Å². The second-order valence-electron chi connectivity index (χ2n) is 6.77. The molecule has 0 aliphatic carbocycles. The van der Waals surface area contributed by atoms with Crippen LogP contribution < -0.4 is 4.74 Å². The highest BCUT2D eigenvalue weighted by Crippen LogP contribution is 2.22. The molecule has 2 aromatic rings. The summed E-state index contributed by atoms with van der Waals surface area (Å²) in [7, 11) is 1.67. The predicted molar refractivity (Wildman–Crippen MR) is 111 cm³/mol. The Bertz CT molecular complexity index is 706. The molecule has 1 saturated heterocycles. The van der Waals surface area contributed by atoms with Crippen molar-refractivity contribution in [3.05, 3.63) is 60.2 Å². The van der Waals surface area contributed by atoms with Crippen LogP contribution in [0.5, 0.6) is 5.75 Å². The van der Waals surface area contributed by atoms with Crippen LogP contribution in [0, 0.1) is 0 Å². The van der Waals surface area contributed by atoms with Crippen molar-refractivity contribution in [3.8, 4) is 5.75 Å². The number of hydrogen-bond donors (Lipinski definition) is 0. The lowest BCUT2D eigenvalue weighted by molar-refractivity contribution is -0.130. The Labute approximate surface area is 166 Å². The summed E-state index contributed by atoms with van der Waals surface area (Å²) in [4.78, 5) is 18.2. The van der Waals surface area contributed by atoms with E-state index in [1.807, 2.05) is 29.2 Å². The molecule has 2 aromatic carbocycles. The molecule has 0 radical (unpaired) electrons. The zero-order valence-electron chi connectivity index (χ0n) is 16.0. The van der Waals surface area contributed by atoms with Crippen LogP contribution in [0.3, 0.4) is 0 Å². The van der Waals surface area contributed by atoms with E-state index < -0.39 is 0 Å². The molecular weight excluding hydrogens is 356 g/mol. The number of ether oxygens (including phenoxy) is 1. The van der Waals surface area contributed by atoms with Gasteiger partial charge >= 0.3 is 0 Å². The second kappa shape index (κ2) is 10.4. The lowest BCUT2D eigenvalue weighted by Crippen LogP contribution is -2.35. The van der Waals surface area contributed by atoms with E-state index in [0.717, 1.165) is 50.6 Å². The average molecular weight is 385 g/mol. The van der Waals surface area contributed by atoms with Crippen LogP contribution in [0.25, 0.3) is 0 Å². The third kappa shape index (κ3) is 6.29. The Kier molecular flexibility index (Phi) is 7.60. The van der Waals surface area contributed by atoms with Gasteiger partial charge < -0.3 is 9.64 Å². The number of thioether (sulfide) groups is 1. The van der Waals surface area contributed by atoms with E-state index in [1.165, 1.54) is 10.5 Å². The predicted octanol–water partition coefficient (Wildman–Crippen LogP) is 3.91. The summed E-state index contributed by atoms with van der Waals surface area (Å²) < 4.78 is 5.18. The molecule has 0 atom stereocenters. The Hall–Kier alpha value is -1.98. The van der Waals surface area contributed by atoms with Gasteiger partial charge in [0.15, 0.2) is 0 Å². The molecule has 0 unspecified atom stereocenters. The van der Waals surface area contributed by atoms with Crippen LogP contribution in [-0.2, 0) is 11.3 Å². The molecule has 1 heterocycles. The van der Waals surface area contributed by atoms with Gasteiger partial charge in [0.1, 0.15) is 5.75 Å². The standard InChI is InChI=1S/C22H28N2O2S/c1-26-20-8-10-21(11-9-20)27-17-12-22(25)24-14-5-13-23(15-16-24)18-19-6-3-2-4-7-19/h2-4,6-11H,5,12-18H2,1H3. The molecule has 5 heteroatoms. The first kappa shape index (κ1) is 19.8. The second-order valence-corrected chi connectivity index (χ2v) is 7.94. The molecule has 4 nitrogen and oxygen atoms in total. The van der Waals surface area contributed by atoms with Gasteiger partial charge in [0.2, 0.25) is 5.91 Å². The fourth-order valence-corrected chi connectivity index (χ4v) is 4.15. The number of carbonyl (C=O) groups excluding carboxylic acids is 1. The molecule has 3 rings (SSSR count). The van der Waals surface area contributed by atoms with Crippen LogP contribution in [0.1, 0.15) is 18.4 Å². The van der Waals surface area contributed by atoms with Crippen LogP contribution in [-0.4, -0.2) is 54.7 Å². The van der Waals surface area contributed by atoms with E-state index >= 15 is 0 Å². The minimum absolute atomic E-state index is 0.276. The summed E-state index contributed by atoms with van der Waals surface area (Å²) in [5.74, 6) is 1.95. The normalized spacial score (nSPS) is 15.4. The number of benzene rings is 2. The third-order valence-electron chi connectivity index (χ3n) is 4.83. The van der Waals surface area contributed by atoms with E-state index in [-0.39, 0.29) is 5.91 Å². The van der Waals surface area contributed by atoms with Gasteiger partial charge in [-0.15, -0.1) is 11.8 Å². The van der Waals surface area contributed by atoms with E-state index in [4.69, 9.17) is 4.74 Å². The smallest absolute Gasteiger partial charge is 0.223 e. The van der Waals surface area contributed by atoms with Crippen LogP contribution in [0.4, 0.5) is 0 Å². The zero-order valence-corrected chi connectivity index (χ0v) is 16.8. The Morgan fingerprint density at radius 1 is 1.00 bits per heavy atom. The zero-order chi connectivity index (χ0) is 18.9. The van der Waals surface area contributed by atoms with Gasteiger partial charge in [-0.2, -0.15) is 0 Å². The van der Waals surface area contributed by atoms with Crippen LogP contribution in [0.15, 0.2) is 59.5 Å². The van der Waals surface area contributed by atoms with Gasteiger partial charge in [-0.1, -0.05) is 30.3 Å². The van der Waals surface area contributed by atoms with E-state index in [1.54, 1.807) is 18.9 Å². The van der Waals surface area contributed by atoms with Crippen molar-refractivity contribution in [2.24, 2.45) is 0 Å². The first-order valence-corrected chi connectivity index (χ1v) is 10.5. The molecule has 27 heavy (non-hydrogen) atoms. The molecule has 0 bridgehead atoms. The van der Waals surface area contributed by atoms with Gasteiger partial charge in [-0.3, -0.25) is 9.69 Å². The molecule has 0 spiro atoms.